The molecule has 2 rings (SSSR count). The van der Waals surface area contributed by atoms with Crippen LogP contribution in [0, 0.1) is 5.92 Å². The van der Waals surface area contributed by atoms with E-state index in [9.17, 15) is 26.3 Å². The number of rotatable bonds is 2. The fourth-order valence-corrected chi connectivity index (χ4v) is 3.39. The second-order valence-corrected chi connectivity index (χ2v) is 5.97. The van der Waals surface area contributed by atoms with E-state index in [4.69, 9.17) is 16.3 Å². The molecule has 1 aromatic rings. The Hall–Kier alpha value is -0.630. The lowest BCUT2D eigenvalue weighted by atomic mass is 9.95. The average molecular weight is 398 g/mol. The molecule has 1 nitrogen and oxygen atoms in total. The van der Waals surface area contributed by atoms with Gasteiger partial charge in [0.15, 0.2) is 5.92 Å². The van der Waals surface area contributed by atoms with Gasteiger partial charge < -0.3 is 4.74 Å². The number of ether oxygens (including phenoxy) is 1. The number of benzene rings is 1. The van der Waals surface area contributed by atoms with Gasteiger partial charge >= 0.3 is 12.4 Å². The van der Waals surface area contributed by atoms with Crippen molar-refractivity contribution in [3.05, 3.63) is 28.3 Å². The fraction of sp³-hybridized carbons (Fsp3) is 0.500. The summed E-state index contributed by atoms with van der Waals surface area (Å²) in [7, 11) is 0. The summed E-state index contributed by atoms with van der Waals surface area (Å²) in [5.74, 6) is -3.50. The quantitative estimate of drug-likeness (QED) is 0.476. The SMILES string of the molecule is FC(F)(F)C(C(Br)c1cc(Cl)cc2c1OCC2)C(F)(F)F. The number of halogens is 8. The Bertz CT molecular complexity index is 528. The maximum Gasteiger partial charge on any atom is 0.401 e. The third kappa shape index (κ3) is 3.41. The summed E-state index contributed by atoms with van der Waals surface area (Å²) >= 11 is 8.30. The summed E-state index contributed by atoms with van der Waals surface area (Å²) in [6.45, 7) is 0.200. The Morgan fingerprint density at radius 3 is 2.19 bits per heavy atom. The molecule has 21 heavy (non-hydrogen) atoms. The first-order valence-electron chi connectivity index (χ1n) is 5.74. The van der Waals surface area contributed by atoms with E-state index in [2.05, 4.69) is 15.9 Å². The van der Waals surface area contributed by atoms with Crippen LogP contribution in [0.2, 0.25) is 5.02 Å². The van der Waals surface area contributed by atoms with Crippen LogP contribution >= 0.6 is 27.5 Å². The predicted molar refractivity (Wildman–Crippen MR) is 67.9 cm³/mol. The van der Waals surface area contributed by atoms with Crippen LogP contribution in [-0.4, -0.2) is 19.0 Å². The normalized spacial score (nSPS) is 16.8. The molecule has 0 amide bonds. The van der Waals surface area contributed by atoms with Crippen LogP contribution in [0.3, 0.4) is 0 Å². The van der Waals surface area contributed by atoms with E-state index in [0.29, 0.717) is 12.0 Å². The molecule has 1 heterocycles. The fourth-order valence-electron chi connectivity index (χ4n) is 2.20. The lowest BCUT2D eigenvalue weighted by Crippen LogP contribution is -2.39. The first kappa shape index (κ1) is 16.7. The Balaban J connectivity index is 2.50. The van der Waals surface area contributed by atoms with Gasteiger partial charge in [-0.05, 0) is 17.7 Å². The molecule has 0 aromatic heterocycles. The highest BCUT2D eigenvalue weighted by Gasteiger charge is 2.60. The van der Waals surface area contributed by atoms with Crippen molar-refractivity contribution in [2.75, 3.05) is 6.61 Å². The minimum atomic E-state index is -5.44. The topological polar surface area (TPSA) is 9.23 Å². The minimum Gasteiger partial charge on any atom is -0.493 e. The lowest BCUT2D eigenvalue weighted by Gasteiger charge is -2.28. The molecule has 0 saturated carbocycles. The number of hydrogen-bond donors (Lipinski definition) is 0. The minimum absolute atomic E-state index is 0.0415. The van der Waals surface area contributed by atoms with Gasteiger partial charge in [-0.2, -0.15) is 26.3 Å². The van der Waals surface area contributed by atoms with Gasteiger partial charge in [-0.15, -0.1) is 0 Å². The first-order chi connectivity index (χ1) is 9.51. The van der Waals surface area contributed by atoms with Crippen LogP contribution in [-0.2, 0) is 6.42 Å². The van der Waals surface area contributed by atoms with E-state index in [0.717, 1.165) is 6.07 Å². The molecule has 118 valence electrons. The summed E-state index contributed by atoms with van der Waals surface area (Å²) in [6.07, 6.45) is -10.5. The number of fused-ring (bicyclic) bond motifs is 1. The van der Waals surface area contributed by atoms with Gasteiger partial charge in [0.2, 0.25) is 0 Å². The van der Waals surface area contributed by atoms with E-state index < -0.39 is 23.1 Å². The summed E-state index contributed by atoms with van der Waals surface area (Å²) in [5, 5.41) is 0.0711. The van der Waals surface area contributed by atoms with Gasteiger partial charge in [0.05, 0.1) is 11.4 Å². The Morgan fingerprint density at radius 1 is 1.10 bits per heavy atom. The van der Waals surface area contributed by atoms with Gasteiger partial charge in [-0.25, -0.2) is 0 Å². The zero-order valence-corrected chi connectivity index (χ0v) is 12.5. The highest BCUT2D eigenvalue weighted by Crippen LogP contribution is 2.53. The van der Waals surface area contributed by atoms with Crippen LogP contribution in [0.15, 0.2) is 12.1 Å². The molecule has 0 spiro atoms. The van der Waals surface area contributed by atoms with Crippen molar-refractivity contribution in [1.82, 2.24) is 0 Å². The van der Waals surface area contributed by atoms with Gasteiger partial charge in [-0.1, -0.05) is 27.5 Å². The van der Waals surface area contributed by atoms with Crippen molar-refractivity contribution in [3.8, 4) is 5.75 Å². The van der Waals surface area contributed by atoms with Crippen molar-refractivity contribution in [3.63, 3.8) is 0 Å². The second-order valence-electron chi connectivity index (χ2n) is 4.54. The second kappa shape index (κ2) is 5.53. The van der Waals surface area contributed by atoms with Crippen molar-refractivity contribution >= 4 is 27.5 Å². The van der Waals surface area contributed by atoms with E-state index >= 15 is 0 Å². The summed E-state index contributed by atoms with van der Waals surface area (Å²) < 4.78 is 81.8. The molecule has 1 aromatic carbocycles. The monoisotopic (exact) mass is 396 g/mol. The molecule has 1 aliphatic heterocycles. The molecule has 1 unspecified atom stereocenters. The van der Waals surface area contributed by atoms with E-state index in [1.165, 1.54) is 6.07 Å². The van der Waals surface area contributed by atoms with Gasteiger partial charge in [0.25, 0.3) is 0 Å². The Labute approximate surface area is 129 Å². The third-order valence-corrected chi connectivity index (χ3v) is 4.31. The van der Waals surface area contributed by atoms with Crippen molar-refractivity contribution in [2.24, 2.45) is 5.92 Å². The van der Waals surface area contributed by atoms with Crippen molar-refractivity contribution < 1.29 is 31.1 Å². The maximum atomic E-state index is 12.8. The predicted octanol–water partition coefficient (Wildman–Crippen LogP) is 5.45. The average Bonchev–Trinajstić information content (AvgIpc) is 2.71. The van der Waals surface area contributed by atoms with E-state index in [1.54, 1.807) is 0 Å². The van der Waals surface area contributed by atoms with Crippen molar-refractivity contribution in [1.29, 1.82) is 0 Å². The molecule has 0 radical (unpaired) electrons. The number of hydrogen-bond acceptors (Lipinski definition) is 1. The molecule has 1 aliphatic rings. The standard InChI is InChI=1S/C12H8BrClF6O/c13-8(10(11(15,16)17)12(18,19)20)7-4-6(14)3-5-1-2-21-9(5)7/h3-4,8,10H,1-2H2. The van der Waals surface area contributed by atoms with Crippen LogP contribution in [0.25, 0.3) is 0 Å². The highest BCUT2D eigenvalue weighted by molar-refractivity contribution is 9.09. The first-order valence-corrected chi connectivity index (χ1v) is 7.04. The lowest BCUT2D eigenvalue weighted by molar-refractivity contribution is -0.283. The van der Waals surface area contributed by atoms with Crippen molar-refractivity contribution in [2.45, 2.75) is 23.6 Å². The van der Waals surface area contributed by atoms with E-state index in [1.807, 2.05) is 0 Å². The van der Waals surface area contributed by atoms with Gasteiger partial charge in [0.1, 0.15) is 5.75 Å². The largest absolute Gasteiger partial charge is 0.493 e. The maximum absolute atomic E-state index is 12.8. The van der Waals surface area contributed by atoms with Gasteiger partial charge in [0, 0.05) is 17.0 Å². The summed E-state index contributed by atoms with van der Waals surface area (Å²) in [5.41, 5.74) is 0.264. The molecular weight excluding hydrogens is 389 g/mol. The van der Waals surface area contributed by atoms with Crippen LogP contribution in [0.4, 0.5) is 26.3 Å². The summed E-state index contributed by atoms with van der Waals surface area (Å²) in [6, 6.07) is 2.54. The zero-order chi connectivity index (χ0) is 16.0. The van der Waals surface area contributed by atoms with E-state index in [-0.39, 0.29) is 22.9 Å². The molecule has 0 fully saturated rings. The molecule has 9 heteroatoms. The molecule has 0 bridgehead atoms. The van der Waals surface area contributed by atoms with Crippen LogP contribution < -0.4 is 4.74 Å². The van der Waals surface area contributed by atoms with Gasteiger partial charge in [-0.3, -0.25) is 0 Å². The van der Waals surface area contributed by atoms with Crippen LogP contribution in [0.1, 0.15) is 16.0 Å². The smallest absolute Gasteiger partial charge is 0.401 e. The number of alkyl halides is 7. The molecule has 0 N–H and O–H groups in total. The Kier molecular flexibility index (Phi) is 4.41. The molecule has 1 atom stereocenters. The highest BCUT2D eigenvalue weighted by atomic mass is 79.9. The molecule has 0 saturated heterocycles. The Morgan fingerprint density at radius 2 is 1.67 bits per heavy atom. The van der Waals surface area contributed by atoms with Crippen LogP contribution in [0.5, 0.6) is 5.75 Å². The molecule has 0 aliphatic carbocycles. The zero-order valence-electron chi connectivity index (χ0n) is 10.2. The molecular formula is C12H8BrClF6O. The third-order valence-electron chi connectivity index (χ3n) is 3.07. The summed E-state index contributed by atoms with van der Waals surface area (Å²) in [4.78, 5) is -2.02.